The molecule has 0 amide bonds. The Kier molecular flexibility index (Phi) is 41.3. The Bertz CT molecular complexity index is 622. The monoisotopic (exact) mass is 727 g/mol. The first-order valence-corrected chi connectivity index (χ1v) is 21.7. The molecular formula is C44H86O7. The lowest BCUT2D eigenvalue weighted by molar-refractivity contribution is -0.189. The number of hydrogen-bond acceptors (Lipinski definition) is 7. The van der Waals surface area contributed by atoms with Gasteiger partial charge in [0, 0.05) is 53.5 Å². The maximum absolute atomic E-state index is 6.19. The van der Waals surface area contributed by atoms with Gasteiger partial charge in [0.2, 0.25) is 0 Å². The zero-order valence-corrected chi connectivity index (χ0v) is 34.7. The molecule has 0 rings (SSSR count). The van der Waals surface area contributed by atoms with Crippen molar-refractivity contribution in [3.8, 4) is 0 Å². The molecule has 0 N–H and O–H groups in total. The minimum atomic E-state index is -0.555. The lowest BCUT2D eigenvalue weighted by atomic mass is 10.1. The highest BCUT2D eigenvalue weighted by Gasteiger charge is 2.14. The Hall–Kier alpha value is -0.800. The lowest BCUT2D eigenvalue weighted by Gasteiger charge is -2.20. The van der Waals surface area contributed by atoms with Crippen LogP contribution in [-0.4, -0.2) is 65.8 Å². The van der Waals surface area contributed by atoms with Gasteiger partial charge in [-0.05, 0) is 37.8 Å². The lowest BCUT2D eigenvalue weighted by Crippen LogP contribution is -2.23. The van der Waals surface area contributed by atoms with E-state index >= 15 is 0 Å². The van der Waals surface area contributed by atoms with Gasteiger partial charge in [-0.2, -0.15) is 0 Å². The largest absolute Gasteiger partial charge is 0.352 e. The molecule has 0 aliphatic rings. The highest BCUT2D eigenvalue weighted by Crippen LogP contribution is 2.14. The topological polar surface area (TPSA) is 64.6 Å². The highest BCUT2D eigenvalue weighted by atomic mass is 16.8. The number of rotatable bonds is 42. The molecule has 0 aromatic rings. The van der Waals surface area contributed by atoms with Crippen LogP contribution in [0.1, 0.15) is 195 Å². The van der Waals surface area contributed by atoms with E-state index in [4.69, 9.17) is 33.2 Å². The van der Waals surface area contributed by atoms with E-state index < -0.39 is 12.6 Å². The highest BCUT2D eigenvalue weighted by molar-refractivity contribution is 4.90. The average Bonchev–Trinajstić information content (AvgIpc) is 3.14. The Balaban J connectivity index is 4.92. The third kappa shape index (κ3) is 36.0. The van der Waals surface area contributed by atoms with Crippen molar-refractivity contribution < 1.29 is 33.2 Å². The third-order valence-electron chi connectivity index (χ3n) is 9.18. The second-order valence-corrected chi connectivity index (χ2v) is 14.1. The fourth-order valence-corrected chi connectivity index (χ4v) is 5.85. The van der Waals surface area contributed by atoms with Crippen molar-refractivity contribution in [2.45, 2.75) is 220 Å². The molecule has 0 bridgehead atoms. The minimum Gasteiger partial charge on any atom is -0.352 e. The molecule has 0 saturated carbocycles. The first kappa shape index (κ1) is 50.2. The summed E-state index contributed by atoms with van der Waals surface area (Å²) in [7, 11) is 3.30. The fourth-order valence-electron chi connectivity index (χ4n) is 5.85. The van der Waals surface area contributed by atoms with E-state index in [2.05, 4.69) is 27.7 Å². The summed E-state index contributed by atoms with van der Waals surface area (Å²) >= 11 is 0. The van der Waals surface area contributed by atoms with Gasteiger partial charge < -0.3 is 33.2 Å². The van der Waals surface area contributed by atoms with Gasteiger partial charge in [0.25, 0.3) is 0 Å². The van der Waals surface area contributed by atoms with Gasteiger partial charge in [0.05, 0.1) is 0 Å². The van der Waals surface area contributed by atoms with Gasteiger partial charge in [-0.1, -0.05) is 168 Å². The van der Waals surface area contributed by atoms with Crippen LogP contribution in [0, 0.1) is 0 Å². The normalized spacial score (nSPS) is 13.5. The standard InChI is InChI=1S/C44H86O7/c1-7-11-15-19-23-27-37-47-43(48-38-28-24-20-16-12-8-2)35-31-33-41(45-5)51-42(46-6)34-32-36-44(49-39-29-25-21-17-13-9-3)50-40-30-26-22-18-14-10-4/h31-34,41-44H,7-30,35-40H2,1-6H3. The molecule has 0 aliphatic carbocycles. The Labute approximate surface area is 317 Å². The maximum Gasteiger partial charge on any atom is 0.179 e. The zero-order chi connectivity index (χ0) is 37.3. The van der Waals surface area contributed by atoms with Crippen LogP contribution in [-0.2, 0) is 33.2 Å². The van der Waals surface area contributed by atoms with Gasteiger partial charge in [-0.15, -0.1) is 0 Å². The molecule has 0 aliphatic heterocycles. The van der Waals surface area contributed by atoms with Crippen LogP contribution in [0.5, 0.6) is 0 Å². The van der Waals surface area contributed by atoms with Gasteiger partial charge in [-0.25, -0.2) is 0 Å². The third-order valence-corrected chi connectivity index (χ3v) is 9.18. The molecule has 304 valence electrons. The smallest absolute Gasteiger partial charge is 0.179 e. The van der Waals surface area contributed by atoms with Crippen molar-refractivity contribution in [1.82, 2.24) is 0 Å². The van der Waals surface area contributed by atoms with Crippen LogP contribution >= 0.6 is 0 Å². The van der Waals surface area contributed by atoms with Gasteiger partial charge >= 0.3 is 0 Å². The molecule has 0 aromatic carbocycles. The quantitative estimate of drug-likeness (QED) is 0.0352. The van der Waals surface area contributed by atoms with Crippen LogP contribution in [0.3, 0.4) is 0 Å². The maximum atomic E-state index is 6.19. The predicted octanol–water partition coefficient (Wildman–Crippen LogP) is 13.0. The summed E-state index contributed by atoms with van der Waals surface area (Å²) in [5, 5.41) is 0. The van der Waals surface area contributed by atoms with Crippen molar-refractivity contribution in [3.63, 3.8) is 0 Å². The summed E-state index contributed by atoms with van der Waals surface area (Å²) < 4.78 is 42.1. The summed E-state index contributed by atoms with van der Waals surface area (Å²) in [4.78, 5) is 0. The van der Waals surface area contributed by atoms with Crippen LogP contribution in [0.4, 0.5) is 0 Å². The Morgan fingerprint density at radius 2 is 0.608 bits per heavy atom. The van der Waals surface area contributed by atoms with Crippen molar-refractivity contribution in [1.29, 1.82) is 0 Å². The first-order chi connectivity index (χ1) is 25.1. The van der Waals surface area contributed by atoms with Crippen LogP contribution < -0.4 is 0 Å². The van der Waals surface area contributed by atoms with Crippen LogP contribution in [0.2, 0.25) is 0 Å². The minimum absolute atomic E-state index is 0.257. The van der Waals surface area contributed by atoms with E-state index in [1.807, 2.05) is 24.3 Å². The molecule has 0 saturated heterocycles. The summed E-state index contributed by atoms with van der Waals surface area (Å²) in [5.74, 6) is 0. The molecule has 51 heavy (non-hydrogen) atoms. The number of unbranched alkanes of at least 4 members (excludes halogenated alkanes) is 20. The molecule has 0 spiro atoms. The van der Waals surface area contributed by atoms with Crippen molar-refractivity contribution in [2.24, 2.45) is 0 Å². The number of ether oxygens (including phenoxy) is 7. The second-order valence-electron chi connectivity index (χ2n) is 14.1. The molecule has 7 heteroatoms. The van der Waals surface area contributed by atoms with Gasteiger partial charge in [0.15, 0.2) is 25.2 Å². The second kappa shape index (κ2) is 41.9. The van der Waals surface area contributed by atoms with E-state index in [1.54, 1.807) is 14.2 Å². The number of hydrogen-bond donors (Lipinski definition) is 0. The summed E-state index contributed by atoms with van der Waals surface area (Å²) in [6.07, 6.45) is 37.5. The summed E-state index contributed by atoms with van der Waals surface area (Å²) in [6.45, 7) is 11.9. The van der Waals surface area contributed by atoms with E-state index in [9.17, 15) is 0 Å². The van der Waals surface area contributed by atoms with Crippen molar-refractivity contribution in [2.75, 3.05) is 40.6 Å². The fraction of sp³-hybridized carbons (Fsp3) is 0.909. The zero-order valence-electron chi connectivity index (χ0n) is 34.7. The molecule has 0 fully saturated rings. The Morgan fingerprint density at radius 3 is 0.863 bits per heavy atom. The van der Waals surface area contributed by atoms with E-state index in [0.29, 0.717) is 12.8 Å². The van der Waals surface area contributed by atoms with Crippen molar-refractivity contribution in [3.05, 3.63) is 24.3 Å². The van der Waals surface area contributed by atoms with Crippen molar-refractivity contribution >= 4 is 0 Å². The van der Waals surface area contributed by atoms with Gasteiger partial charge in [-0.3, -0.25) is 0 Å². The molecule has 2 atom stereocenters. The van der Waals surface area contributed by atoms with Gasteiger partial charge in [0.1, 0.15) is 0 Å². The number of methoxy groups -OCH3 is 2. The predicted molar refractivity (Wildman–Crippen MR) is 215 cm³/mol. The van der Waals surface area contributed by atoms with E-state index in [1.165, 1.54) is 128 Å². The average molecular weight is 727 g/mol. The molecule has 0 aromatic heterocycles. The SMILES string of the molecule is CCCCCCCCOC(CC=CC(OC)OC(C=CCC(OCCCCCCCC)OCCCCCCCC)OC)OCCCCCCCC. The molecular weight excluding hydrogens is 640 g/mol. The summed E-state index contributed by atoms with van der Waals surface area (Å²) in [5.41, 5.74) is 0. The van der Waals surface area contributed by atoms with E-state index in [0.717, 1.165) is 52.1 Å². The Morgan fingerprint density at radius 1 is 0.353 bits per heavy atom. The molecule has 2 unspecified atom stereocenters. The first-order valence-electron chi connectivity index (χ1n) is 21.7. The van der Waals surface area contributed by atoms with Crippen LogP contribution in [0.15, 0.2) is 24.3 Å². The van der Waals surface area contributed by atoms with Crippen LogP contribution in [0.25, 0.3) is 0 Å². The van der Waals surface area contributed by atoms with E-state index in [-0.39, 0.29) is 12.6 Å². The molecule has 7 nitrogen and oxygen atoms in total. The summed E-state index contributed by atoms with van der Waals surface area (Å²) in [6, 6.07) is 0. The molecule has 0 radical (unpaired) electrons. The molecule has 0 heterocycles.